The molecule has 0 radical (unpaired) electrons. The van der Waals surface area contributed by atoms with Gasteiger partial charge in [-0.15, -0.1) is 0 Å². The van der Waals surface area contributed by atoms with Gasteiger partial charge in [0.1, 0.15) is 11.5 Å². The highest BCUT2D eigenvalue weighted by molar-refractivity contribution is 5.98. The molecule has 0 amide bonds. The Kier molecular flexibility index (Phi) is 5.39. The second-order valence-electron chi connectivity index (χ2n) is 10.5. The van der Waals surface area contributed by atoms with Crippen LogP contribution in [-0.4, -0.2) is 51.1 Å². The molecule has 1 saturated heterocycles. The summed E-state index contributed by atoms with van der Waals surface area (Å²) in [6.07, 6.45) is 9.54. The molecular formula is C30H31N7. The third kappa shape index (κ3) is 3.85. The monoisotopic (exact) mass is 489 g/mol. The number of aryl methyl sites for hydroxylation is 2. The summed E-state index contributed by atoms with van der Waals surface area (Å²) in [5.74, 6) is 2.33. The summed E-state index contributed by atoms with van der Waals surface area (Å²) < 4.78 is 0. The Morgan fingerprint density at radius 1 is 0.946 bits per heavy atom. The van der Waals surface area contributed by atoms with Gasteiger partial charge in [0, 0.05) is 66.2 Å². The molecule has 1 aliphatic carbocycles. The van der Waals surface area contributed by atoms with E-state index in [1.54, 1.807) is 0 Å². The van der Waals surface area contributed by atoms with Gasteiger partial charge in [-0.3, -0.25) is 4.98 Å². The predicted octanol–water partition coefficient (Wildman–Crippen LogP) is 5.53. The number of rotatable bonds is 4. The highest BCUT2D eigenvalue weighted by Crippen LogP contribution is 2.42. The first-order valence-corrected chi connectivity index (χ1v) is 13.3. The molecule has 1 aliphatic heterocycles. The van der Waals surface area contributed by atoms with Crippen LogP contribution in [0.1, 0.15) is 41.9 Å². The van der Waals surface area contributed by atoms with Crippen LogP contribution in [0.3, 0.4) is 0 Å². The molecule has 4 aromatic heterocycles. The highest BCUT2D eigenvalue weighted by Gasteiger charge is 2.27. The van der Waals surface area contributed by atoms with Crippen molar-refractivity contribution in [1.82, 2.24) is 30.2 Å². The van der Waals surface area contributed by atoms with Crippen LogP contribution in [-0.2, 0) is 0 Å². The highest BCUT2D eigenvalue weighted by atomic mass is 15.2. The van der Waals surface area contributed by atoms with Gasteiger partial charge >= 0.3 is 0 Å². The molecule has 186 valence electrons. The van der Waals surface area contributed by atoms with Crippen molar-refractivity contribution in [2.24, 2.45) is 0 Å². The molecule has 1 aromatic carbocycles. The maximum absolute atomic E-state index is 5.28. The summed E-state index contributed by atoms with van der Waals surface area (Å²) >= 11 is 0. The third-order valence-corrected chi connectivity index (χ3v) is 8.03. The van der Waals surface area contributed by atoms with Crippen molar-refractivity contribution in [2.45, 2.75) is 39.0 Å². The lowest BCUT2D eigenvalue weighted by atomic mass is 9.79. The lowest BCUT2D eigenvalue weighted by Crippen LogP contribution is -2.44. The number of H-pyrrole nitrogens is 1. The molecule has 5 aromatic rings. The van der Waals surface area contributed by atoms with Gasteiger partial charge in [-0.25, -0.2) is 15.0 Å². The lowest BCUT2D eigenvalue weighted by molar-refractivity contribution is 0.421. The number of piperazine rings is 1. The van der Waals surface area contributed by atoms with Crippen molar-refractivity contribution in [3.05, 3.63) is 65.6 Å². The topological polar surface area (TPSA) is 82.6 Å². The quantitative estimate of drug-likeness (QED) is 0.345. The van der Waals surface area contributed by atoms with Crippen molar-refractivity contribution < 1.29 is 0 Å². The van der Waals surface area contributed by atoms with Crippen LogP contribution in [0.5, 0.6) is 0 Å². The standard InChI is InChI=1S/C30H31N7/c1-18-6-7-19(2)22(14-18)25-15-23-21(8-9-33-28(23)34-25)29-35-26-17-32-16-24(20-4-3-5-20)27(26)30(36-29)37-12-10-31-11-13-37/h6-9,14-17,20,31H,3-5,10-13H2,1-2H3,(H,33,34). The Balaban J connectivity index is 1.43. The molecule has 37 heavy (non-hydrogen) atoms. The Bertz CT molecular complexity index is 1630. The van der Waals surface area contributed by atoms with Gasteiger partial charge in [0.15, 0.2) is 5.82 Å². The van der Waals surface area contributed by atoms with Gasteiger partial charge in [-0.1, -0.05) is 24.1 Å². The van der Waals surface area contributed by atoms with Crippen molar-refractivity contribution >= 4 is 27.8 Å². The molecule has 2 aliphatic rings. The zero-order chi connectivity index (χ0) is 24.9. The Morgan fingerprint density at radius 2 is 1.81 bits per heavy atom. The minimum Gasteiger partial charge on any atom is -0.353 e. The molecule has 2 fully saturated rings. The summed E-state index contributed by atoms with van der Waals surface area (Å²) in [5.41, 5.74) is 8.80. The molecule has 7 nitrogen and oxygen atoms in total. The van der Waals surface area contributed by atoms with E-state index in [1.807, 2.05) is 24.7 Å². The molecule has 5 heterocycles. The van der Waals surface area contributed by atoms with E-state index < -0.39 is 0 Å². The molecule has 2 N–H and O–H groups in total. The molecule has 0 atom stereocenters. The van der Waals surface area contributed by atoms with Crippen molar-refractivity contribution in [3.8, 4) is 22.6 Å². The van der Waals surface area contributed by atoms with E-state index in [9.17, 15) is 0 Å². The van der Waals surface area contributed by atoms with Crippen LogP contribution < -0.4 is 10.2 Å². The minimum absolute atomic E-state index is 0.560. The molecular weight excluding hydrogens is 458 g/mol. The van der Waals surface area contributed by atoms with E-state index in [0.29, 0.717) is 5.92 Å². The largest absolute Gasteiger partial charge is 0.353 e. The number of nitrogens with one attached hydrogen (secondary N) is 2. The maximum Gasteiger partial charge on any atom is 0.163 e. The van der Waals surface area contributed by atoms with E-state index in [2.05, 4.69) is 63.3 Å². The Hall–Kier alpha value is -3.84. The van der Waals surface area contributed by atoms with Gasteiger partial charge in [-0.2, -0.15) is 0 Å². The van der Waals surface area contributed by atoms with E-state index in [4.69, 9.17) is 9.97 Å². The first kappa shape index (κ1) is 22.4. The normalized spacial score (nSPS) is 16.4. The second kappa shape index (κ2) is 8.92. The zero-order valence-electron chi connectivity index (χ0n) is 21.4. The fourth-order valence-corrected chi connectivity index (χ4v) is 5.74. The minimum atomic E-state index is 0.560. The van der Waals surface area contributed by atoms with E-state index in [0.717, 1.165) is 65.6 Å². The van der Waals surface area contributed by atoms with Crippen molar-refractivity contribution in [2.75, 3.05) is 31.1 Å². The summed E-state index contributed by atoms with van der Waals surface area (Å²) in [7, 11) is 0. The predicted molar refractivity (Wildman–Crippen MR) is 149 cm³/mol. The average Bonchev–Trinajstić information content (AvgIpc) is 3.33. The first-order valence-electron chi connectivity index (χ1n) is 13.3. The fraction of sp³-hybridized carbons (Fsp3) is 0.333. The van der Waals surface area contributed by atoms with Gasteiger partial charge < -0.3 is 15.2 Å². The van der Waals surface area contributed by atoms with E-state index >= 15 is 0 Å². The molecule has 0 bridgehead atoms. The van der Waals surface area contributed by atoms with Crippen LogP contribution >= 0.6 is 0 Å². The molecule has 0 unspecified atom stereocenters. The van der Waals surface area contributed by atoms with Crippen LogP contribution in [0, 0.1) is 13.8 Å². The number of fused-ring (bicyclic) bond motifs is 2. The number of pyridine rings is 2. The zero-order valence-corrected chi connectivity index (χ0v) is 21.4. The lowest BCUT2D eigenvalue weighted by Gasteiger charge is -2.32. The van der Waals surface area contributed by atoms with E-state index in [-0.39, 0.29) is 0 Å². The summed E-state index contributed by atoms with van der Waals surface area (Å²) in [6.45, 7) is 8.06. The Morgan fingerprint density at radius 3 is 2.62 bits per heavy atom. The number of nitrogens with zero attached hydrogens (tertiary/aromatic N) is 5. The number of benzene rings is 1. The smallest absolute Gasteiger partial charge is 0.163 e. The number of hydrogen-bond acceptors (Lipinski definition) is 6. The SMILES string of the molecule is Cc1ccc(C)c(-c2cc3c(-c4nc(N5CCNCC5)c5c(C6CCC6)cncc5n4)ccnc3[nH]2)c1. The molecule has 7 rings (SSSR count). The number of aromatic amines is 1. The van der Waals surface area contributed by atoms with Gasteiger partial charge in [0.05, 0.1) is 11.7 Å². The van der Waals surface area contributed by atoms with Crippen LogP contribution in [0.25, 0.3) is 44.6 Å². The summed E-state index contributed by atoms with van der Waals surface area (Å²) in [5, 5.41) is 5.70. The average molecular weight is 490 g/mol. The Labute approximate surface area is 216 Å². The third-order valence-electron chi connectivity index (χ3n) is 8.03. The van der Waals surface area contributed by atoms with Crippen molar-refractivity contribution in [1.29, 1.82) is 0 Å². The second-order valence-corrected chi connectivity index (χ2v) is 10.5. The summed E-state index contributed by atoms with van der Waals surface area (Å²) in [4.78, 5) is 25.6. The molecule has 1 saturated carbocycles. The molecule has 7 heteroatoms. The van der Waals surface area contributed by atoms with Gasteiger partial charge in [0.2, 0.25) is 0 Å². The van der Waals surface area contributed by atoms with Gasteiger partial charge in [0.25, 0.3) is 0 Å². The number of aromatic nitrogens is 5. The van der Waals surface area contributed by atoms with Crippen molar-refractivity contribution in [3.63, 3.8) is 0 Å². The summed E-state index contributed by atoms with van der Waals surface area (Å²) in [6, 6.07) is 10.8. The van der Waals surface area contributed by atoms with Gasteiger partial charge in [-0.05, 0) is 61.9 Å². The first-order chi connectivity index (χ1) is 18.2. The molecule has 0 spiro atoms. The fourth-order valence-electron chi connectivity index (χ4n) is 5.74. The van der Waals surface area contributed by atoms with E-state index in [1.165, 1.54) is 46.9 Å². The number of hydrogen-bond donors (Lipinski definition) is 2. The maximum atomic E-state index is 5.28. The van der Waals surface area contributed by atoms with Crippen LogP contribution in [0.4, 0.5) is 5.82 Å². The van der Waals surface area contributed by atoms with Crippen LogP contribution in [0.2, 0.25) is 0 Å². The number of anilines is 1. The van der Waals surface area contributed by atoms with Crippen LogP contribution in [0.15, 0.2) is 48.9 Å².